The van der Waals surface area contributed by atoms with Crippen LogP contribution in [0, 0.1) is 0 Å². The molecule has 0 aromatic heterocycles. The summed E-state index contributed by atoms with van der Waals surface area (Å²) < 4.78 is 23.3. The van der Waals surface area contributed by atoms with E-state index in [2.05, 4.69) is 10.6 Å². The number of amides is 3. The largest absolute Gasteiger partial charge is 0.454 e. The number of para-hydroxylation sites is 1. The maximum absolute atomic E-state index is 13.3. The van der Waals surface area contributed by atoms with Gasteiger partial charge in [0.2, 0.25) is 24.5 Å². The minimum atomic E-state index is -1.77. The number of carbonyl (C=O) groups is 3. The standard InChI is InChI=1S/C26H31N3O6S/c1-18(26(32)28-19-8-4-2-5-9-19)29(21-10-6-3-7-11-21)25(31)16-36(33)15-24(30)27-20-12-13-22-23(14-20)35-17-34-22/h3,6-7,10-14,18-19H,2,4-5,8-9,15-17H2,1H3,(H,27,30)(H,28,32)/t18-,36+/m1/s1. The predicted octanol–water partition coefficient (Wildman–Crippen LogP) is 2.97. The van der Waals surface area contributed by atoms with Gasteiger partial charge in [-0.1, -0.05) is 37.5 Å². The van der Waals surface area contributed by atoms with Gasteiger partial charge in [-0.05, 0) is 44.0 Å². The summed E-state index contributed by atoms with van der Waals surface area (Å²) in [4.78, 5) is 40.1. The maximum Gasteiger partial charge on any atom is 0.243 e. The average Bonchev–Trinajstić information content (AvgIpc) is 3.33. The van der Waals surface area contributed by atoms with E-state index in [1.54, 1.807) is 49.4 Å². The molecule has 2 atom stereocenters. The number of hydrogen-bond acceptors (Lipinski definition) is 6. The van der Waals surface area contributed by atoms with Gasteiger partial charge in [-0.15, -0.1) is 0 Å². The van der Waals surface area contributed by atoms with Crippen LogP contribution in [-0.2, 0) is 25.2 Å². The first-order valence-electron chi connectivity index (χ1n) is 12.1. The molecule has 3 amide bonds. The molecule has 192 valence electrons. The summed E-state index contributed by atoms with van der Waals surface area (Å²) in [6, 6.07) is 13.1. The average molecular weight is 514 g/mol. The van der Waals surface area contributed by atoms with Gasteiger partial charge in [0.05, 0.1) is 0 Å². The minimum absolute atomic E-state index is 0.107. The Morgan fingerprint density at radius 1 is 1.00 bits per heavy atom. The van der Waals surface area contributed by atoms with E-state index in [-0.39, 0.29) is 30.2 Å². The Morgan fingerprint density at radius 3 is 2.47 bits per heavy atom. The maximum atomic E-state index is 13.3. The lowest BCUT2D eigenvalue weighted by Crippen LogP contribution is -2.52. The summed E-state index contributed by atoms with van der Waals surface area (Å²) >= 11 is 0. The highest BCUT2D eigenvalue weighted by Crippen LogP contribution is 2.34. The van der Waals surface area contributed by atoms with Crippen molar-refractivity contribution in [3.05, 3.63) is 48.5 Å². The van der Waals surface area contributed by atoms with Crippen LogP contribution in [0.25, 0.3) is 0 Å². The number of benzene rings is 2. The first-order chi connectivity index (χ1) is 17.4. The Hall–Kier alpha value is -3.40. The molecule has 1 aliphatic carbocycles. The van der Waals surface area contributed by atoms with Crippen LogP contribution in [0.15, 0.2) is 48.5 Å². The fraction of sp³-hybridized carbons (Fsp3) is 0.423. The first-order valence-corrected chi connectivity index (χ1v) is 13.6. The zero-order valence-electron chi connectivity index (χ0n) is 20.2. The molecule has 1 aliphatic heterocycles. The Labute approximate surface area is 213 Å². The third-order valence-electron chi connectivity index (χ3n) is 6.25. The van der Waals surface area contributed by atoms with E-state index in [1.807, 2.05) is 6.07 Å². The van der Waals surface area contributed by atoms with Crippen LogP contribution in [0.5, 0.6) is 11.5 Å². The molecule has 0 bridgehead atoms. The number of ether oxygens (including phenoxy) is 2. The molecule has 0 unspecified atom stereocenters. The van der Waals surface area contributed by atoms with Crippen LogP contribution in [0.3, 0.4) is 0 Å². The third-order valence-corrected chi connectivity index (χ3v) is 7.41. The van der Waals surface area contributed by atoms with Crippen LogP contribution in [-0.4, -0.2) is 52.3 Å². The Kier molecular flexibility index (Phi) is 8.58. The molecule has 2 aromatic carbocycles. The number of nitrogens with zero attached hydrogens (tertiary/aromatic N) is 1. The van der Waals surface area contributed by atoms with Crippen LogP contribution in [0.4, 0.5) is 11.4 Å². The van der Waals surface area contributed by atoms with Gasteiger partial charge in [-0.3, -0.25) is 23.5 Å². The summed E-state index contributed by atoms with van der Waals surface area (Å²) in [5, 5.41) is 5.73. The van der Waals surface area contributed by atoms with Gasteiger partial charge in [0, 0.05) is 34.3 Å². The van der Waals surface area contributed by atoms with E-state index in [0.717, 1.165) is 25.7 Å². The highest BCUT2D eigenvalue weighted by Gasteiger charge is 2.30. The molecule has 9 nitrogen and oxygen atoms in total. The Morgan fingerprint density at radius 2 is 1.72 bits per heavy atom. The number of anilines is 2. The first kappa shape index (κ1) is 25.7. The van der Waals surface area contributed by atoms with Crippen molar-refractivity contribution in [2.45, 2.75) is 51.1 Å². The smallest absolute Gasteiger partial charge is 0.243 e. The second kappa shape index (κ2) is 12.0. The van der Waals surface area contributed by atoms with Gasteiger partial charge in [0.25, 0.3) is 0 Å². The van der Waals surface area contributed by atoms with E-state index in [0.29, 0.717) is 22.9 Å². The zero-order valence-corrected chi connectivity index (χ0v) is 21.1. The summed E-state index contributed by atoms with van der Waals surface area (Å²) in [5.41, 5.74) is 1.02. The lowest BCUT2D eigenvalue weighted by atomic mass is 9.95. The van der Waals surface area contributed by atoms with Crippen LogP contribution < -0.4 is 25.0 Å². The number of carbonyl (C=O) groups excluding carboxylic acids is 3. The van der Waals surface area contributed by atoms with E-state index in [1.165, 1.54) is 11.3 Å². The molecule has 2 N–H and O–H groups in total. The number of nitrogens with one attached hydrogen (secondary N) is 2. The van der Waals surface area contributed by atoms with Gasteiger partial charge in [-0.25, -0.2) is 0 Å². The van der Waals surface area contributed by atoms with Crippen LogP contribution >= 0.6 is 0 Å². The summed E-state index contributed by atoms with van der Waals surface area (Å²) in [6.07, 6.45) is 5.19. The molecule has 0 spiro atoms. The van der Waals surface area contributed by atoms with Gasteiger partial charge in [-0.2, -0.15) is 0 Å². The molecule has 2 aromatic rings. The van der Waals surface area contributed by atoms with Crippen molar-refractivity contribution >= 4 is 39.9 Å². The van der Waals surface area contributed by atoms with E-state index in [9.17, 15) is 18.6 Å². The van der Waals surface area contributed by atoms with Gasteiger partial charge in [0.15, 0.2) is 11.5 Å². The lowest BCUT2D eigenvalue weighted by molar-refractivity contribution is -0.126. The van der Waals surface area contributed by atoms with Crippen molar-refractivity contribution in [1.82, 2.24) is 5.32 Å². The summed E-state index contributed by atoms with van der Waals surface area (Å²) in [7, 11) is -1.77. The van der Waals surface area contributed by atoms with E-state index in [4.69, 9.17) is 9.47 Å². The number of fused-ring (bicyclic) bond motifs is 1. The molecule has 1 heterocycles. The van der Waals surface area contributed by atoms with Crippen molar-refractivity contribution in [3.63, 3.8) is 0 Å². The summed E-state index contributed by atoms with van der Waals surface area (Å²) in [6.45, 7) is 1.78. The monoisotopic (exact) mass is 513 g/mol. The zero-order chi connectivity index (χ0) is 25.5. The normalized spacial score (nSPS) is 16.6. The fourth-order valence-corrected chi connectivity index (χ4v) is 5.32. The van der Waals surface area contributed by atoms with Crippen LogP contribution in [0.2, 0.25) is 0 Å². The number of rotatable bonds is 9. The fourth-order valence-electron chi connectivity index (χ4n) is 4.43. The molecular formula is C26H31N3O6S. The van der Waals surface area contributed by atoms with Gasteiger partial charge < -0.3 is 20.1 Å². The predicted molar refractivity (Wildman–Crippen MR) is 137 cm³/mol. The van der Waals surface area contributed by atoms with Crippen molar-refractivity contribution in [2.75, 3.05) is 28.5 Å². The molecule has 2 aliphatic rings. The number of hydrogen-bond donors (Lipinski definition) is 2. The lowest BCUT2D eigenvalue weighted by Gasteiger charge is -2.31. The molecule has 1 saturated carbocycles. The van der Waals surface area contributed by atoms with Crippen molar-refractivity contribution in [3.8, 4) is 11.5 Å². The van der Waals surface area contributed by atoms with E-state index >= 15 is 0 Å². The molecule has 1 fully saturated rings. The van der Waals surface area contributed by atoms with Crippen LogP contribution in [0.1, 0.15) is 39.0 Å². The quantitative estimate of drug-likeness (QED) is 0.533. The third kappa shape index (κ3) is 6.63. The second-order valence-corrected chi connectivity index (χ2v) is 10.4. The Bertz CT molecular complexity index is 1120. The molecule has 10 heteroatoms. The van der Waals surface area contributed by atoms with Crippen molar-refractivity contribution in [2.24, 2.45) is 0 Å². The van der Waals surface area contributed by atoms with Gasteiger partial charge >= 0.3 is 0 Å². The summed E-state index contributed by atoms with van der Waals surface area (Å²) in [5.74, 6) is -0.856. The molecule has 0 radical (unpaired) electrons. The molecular weight excluding hydrogens is 482 g/mol. The van der Waals surface area contributed by atoms with E-state index < -0.39 is 28.7 Å². The molecule has 36 heavy (non-hydrogen) atoms. The highest BCUT2D eigenvalue weighted by molar-refractivity contribution is 7.86. The van der Waals surface area contributed by atoms with Crippen molar-refractivity contribution in [1.29, 1.82) is 0 Å². The van der Waals surface area contributed by atoms with Gasteiger partial charge in [0.1, 0.15) is 17.5 Å². The van der Waals surface area contributed by atoms with Crippen molar-refractivity contribution < 1.29 is 28.1 Å². The Balaban J connectivity index is 1.37. The molecule has 0 saturated heterocycles. The highest BCUT2D eigenvalue weighted by atomic mass is 32.2. The SMILES string of the molecule is C[C@H](C(=O)NC1CCCCC1)N(C(=O)C[S@@](=O)CC(=O)Nc1ccc2c(c1)OCO2)c1ccccc1. The minimum Gasteiger partial charge on any atom is -0.454 e. The topological polar surface area (TPSA) is 114 Å². The molecule has 4 rings (SSSR count). The second-order valence-electron chi connectivity index (χ2n) is 8.96.